The molecule has 1 unspecified atom stereocenters. The monoisotopic (exact) mass is 185 g/mol. The van der Waals surface area contributed by atoms with Crippen molar-refractivity contribution in [3.05, 3.63) is 0 Å². The number of hydrogen-bond acceptors (Lipinski definition) is 3. The zero-order valence-electron chi connectivity index (χ0n) is 7.72. The van der Waals surface area contributed by atoms with E-state index in [1.54, 1.807) is 0 Å². The third-order valence-corrected chi connectivity index (χ3v) is 2.03. The lowest BCUT2D eigenvalue weighted by molar-refractivity contribution is -0.130. The van der Waals surface area contributed by atoms with Crippen LogP contribution in [-0.2, 0) is 9.59 Å². The molecule has 1 aliphatic rings. The molecule has 1 rings (SSSR count). The zero-order chi connectivity index (χ0) is 9.68. The summed E-state index contributed by atoms with van der Waals surface area (Å²) in [6.45, 7) is 3.04. The molecule has 0 radical (unpaired) electrons. The summed E-state index contributed by atoms with van der Waals surface area (Å²) in [4.78, 5) is 21.8. The molecule has 1 aliphatic heterocycles. The topological polar surface area (TPSA) is 70.2 Å². The molecule has 1 saturated heterocycles. The molecule has 2 amide bonds. The Bertz CT molecular complexity index is 200. The van der Waals surface area contributed by atoms with Gasteiger partial charge in [0.15, 0.2) is 0 Å². The minimum Gasteiger partial charge on any atom is -0.316 e. The van der Waals surface area contributed by atoms with Crippen molar-refractivity contribution in [1.29, 1.82) is 0 Å². The van der Waals surface area contributed by atoms with Crippen LogP contribution in [0.5, 0.6) is 0 Å². The van der Waals surface area contributed by atoms with Crippen LogP contribution in [0, 0.1) is 5.92 Å². The first kappa shape index (κ1) is 9.98. The first-order valence-corrected chi connectivity index (χ1v) is 4.47. The Balaban J connectivity index is 2.25. The molecule has 0 bridgehead atoms. The third-order valence-electron chi connectivity index (χ3n) is 2.03. The predicted octanol–water partition coefficient (Wildman–Crippen LogP) is -0.847. The van der Waals surface area contributed by atoms with E-state index in [0.29, 0.717) is 6.54 Å². The van der Waals surface area contributed by atoms with Gasteiger partial charge < -0.3 is 5.32 Å². The highest BCUT2D eigenvalue weighted by molar-refractivity contribution is 5.82. The summed E-state index contributed by atoms with van der Waals surface area (Å²) in [6, 6.07) is 0. The fraction of sp³-hybridized carbons (Fsp3) is 0.750. The molecule has 13 heavy (non-hydrogen) atoms. The molecular formula is C8H15N3O2. The lowest BCUT2D eigenvalue weighted by Gasteiger charge is -2.21. The fourth-order valence-electron chi connectivity index (χ4n) is 1.33. The van der Waals surface area contributed by atoms with Gasteiger partial charge in [0.1, 0.15) is 0 Å². The molecule has 74 valence electrons. The van der Waals surface area contributed by atoms with Crippen molar-refractivity contribution < 1.29 is 9.59 Å². The fourth-order valence-corrected chi connectivity index (χ4v) is 1.33. The number of hydrogen-bond donors (Lipinski definition) is 3. The average Bonchev–Trinajstić information content (AvgIpc) is 2.15. The lowest BCUT2D eigenvalue weighted by Crippen LogP contribution is -2.47. The van der Waals surface area contributed by atoms with E-state index in [1.807, 2.05) is 0 Å². The van der Waals surface area contributed by atoms with Crippen molar-refractivity contribution >= 4 is 11.8 Å². The van der Waals surface area contributed by atoms with E-state index in [4.69, 9.17) is 0 Å². The number of hydrazine groups is 1. The summed E-state index contributed by atoms with van der Waals surface area (Å²) in [7, 11) is 0. The number of piperidine rings is 1. The SMILES string of the molecule is CC(=O)NNC(=O)C1CCCNC1. The molecule has 0 spiro atoms. The molecule has 0 aromatic rings. The van der Waals surface area contributed by atoms with Gasteiger partial charge in [-0.25, -0.2) is 0 Å². The van der Waals surface area contributed by atoms with Crippen LogP contribution in [0.25, 0.3) is 0 Å². The number of carbonyl (C=O) groups excluding carboxylic acids is 2. The van der Waals surface area contributed by atoms with Crippen LogP contribution in [0.2, 0.25) is 0 Å². The second kappa shape index (κ2) is 4.81. The van der Waals surface area contributed by atoms with Crippen molar-refractivity contribution in [1.82, 2.24) is 16.2 Å². The highest BCUT2D eigenvalue weighted by atomic mass is 16.2. The summed E-state index contributed by atoms with van der Waals surface area (Å²) in [5, 5.41) is 3.13. The average molecular weight is 185 g/mol. The second-order valence-electron chi connectivity index (χ2n) is 3.21. The minimum absolute atomic E-state index is 0.0133. The van der Waals surface area contributed by atoms with Gasteiger partial charge in [0, 0.05) is 13.5 Å². The van der Waals surface area contributed by atoms with Crippen LogP contribution in [0.1, 0.15) is 19.8 Å². The van der Waals surface area contributed by atoms with Gasteiger partial charge in [-0.05, 0) is 19.4 Å². The van der Waals surface area contributed by atoms with Gasteiger partial charge in [-0.3, -0.25) is 20.4 Å². The van der Waals surface area contributed by atoms with Gasteiger partial charge in [0.25, 0.3) is 0 Å². The van der Waals surface area contributed by atoms with Crippen LogP contribution in [-0.4, -0.2) is 24.9 Å². The normalized spacial score (nSPS) is 22.1. The van der Waals surface area contributed by atoms with E-state index < -0.39 is 0 Å². The van der Waals surface area contributed by atoms with E-state index in [2.05, 4.69) is 16.2 Å². The molecule has 0 aromatic carbocycles. The smallest absolute Gasteiger partial charge is 0.242 e. The molecule has 0 saturated carbocycles. The number of nitrogens with one attached hydrogen (secondary N) is 3. The zero-order valence-corrected chi connectivity index (χ0v) is 7.72. The quantitative estimate of drug-likeness (QED) is 0.466. The maximum Gasteiger partial charge on any atom is 0.242 e. The number of carbonyl (C=O) groups is 2. The van der Waals surface area contributed by atoms with Crippen molar-refractivity contribution in [2.45, 2.75) is 19.8 Å². The second-order valence-corrected chi connectivity index (χ2v) is 3.21. The molecular weight excluding hydrogens is 170 g/mol. The first-order chi connectivity index (χ1) is 6.20. The largest absolute Gasteiger partial charge is 0.316 e. The molecule has 1 fully saturated rings. The summed E-state index contributed by atoms with van der Waals surface area (Å²) < 4.78 is 0. The minimum atomic E-state index is -0.253. The number of rotatable bonds is 1. The Morgan fingerprint density at radius 2 is 2.15 bits per heavy atom. The summed E-state index contributed by atoms with van der Waals surface area (Å²) in [5.41, 5.74) is 4.65. The van der Waals surface area contributed by atoms with Crippen molar-refractivity contribution in [2.75, 3.05) is 13.1 Å². The maximum atomic E-state index is 11.3. The Morgan fingerprint density at radius 1 is 1.38 bits per heavy atom. The predicted molar refractivity (Wildman–Crippen MR) is 47.6 cm³/mol. The molecule has 5 nitrogen and oxygen atoms in total. The Hall–Kier alpha value is -1.10. The van der Waals surface area contributed by atoms with Crippen LogP contribution in [0.15, 0.2) is 0 Å². The molecule has 3 N–H and O–H groups in total. The van der Waals surface area contributed by atoms with Gasteiger partial charge in [-0.15, -0.1) is 0 Å². The molecule has 1 heterocycles. The molecule has 1 atom stereocenters. The van der Waals surface area contributed by atoms with E-state index in [-0.39, 0.29) is 17.7 Å². The molecule has 0 aliphatic carbocycles. The van der Waals surface area contributed by atoms with Gasteiger partial charge in [0.2, 0.25) is 11.8 Å². The van der Waals surface area contributed by atoms with E-state index in [0.717, 1.165) is 19.4 Å². The van der Waals surface area contributed by atoms with Crippen molar-refractivity contribution in [3.63, 3.8) is 0 Å². The van der Waals surface area contributed by atoms with E-state index in [9.17, 15) is 9.59 Å². The molecule has 0 aromatic heterocycles. The summed E-state index contributed by atoms with van der Waals surface area (Å²) >= 11 is 0. The third kappa shape index (κ3) is 3.42. The Morgan fingerprint density at radius 3 is 2.69 bits per heavy atom. The van der Waals surface area contributed by atoms with E-state index in [1.165, 1.54) is 6.92 Å². The van der Waals surface area contributed by atoms with Crippen LogP contribution in [0.3, 0.4) is 0 Å². The highest BCUT2D eigenvalue weighted by Gasteiger charge is 2.20. The first-order valence-electron chi connectivity index (χ1n) is 4.47. The van der Waals surface area contributed by atoms with Crippen LogP contribution in [0.4, 0.5) is 0 Å². The van der Waals surface area contributed by atoms with Crippen LogP contribution >= 0.6 is 0 Å². The molecule has 5 heteroatoms. The number of amides is 2. The lowest BCUT2D eigenvalue weighted by atomic mass is 9.99. The Kier molecular flexibility index (Phi) is 3.70. The standard InChI is InChI=1S/C8H15N3O2/c1-6(12)10-11-8(13)7-3-2-4-9-5-7/h7,9H,2-5H2,1H3,(H,10,12)(H,11,13). The summed E-state index contributed by atoms with van der Waals surface area (Å²) in [6.07, 6.45) is 1.90. The van der Waals surface area contributed by atoms with Crippen molar-refractivity contribution in [3.8, 4) is 0 Å². The van der Waals surface area contributed by atoms with Crippen molar-refractivity contribution in [2.24, 2.45) is 5.92 Å². The van der Waals surface area contributed by atoms with Gasteiger partial charge in [-0.2, -0.15) is 0 Å². The van der Waals surface area contributed by atoms with Gasteiger partial charge in [-0.1, -0.05) is 0 Å². The van der Waals surface area contributed by atoms with Gasteiger partial charge in [0.05, 0.1) is 5.92 Å². The maximum absolute atomic E-state index is 11.3. The van der Waals surface area contributed by atoms with Gasteiger partial charge >= 0.3 is 0 Å². The van der Waals surface area contributed by atoms with Crippen LogP contribution < -0.4 is 16.2 Å². The van der Waals surface area contributed by atoms with E-state index >= 15 is 0 Å². The Labute approximate surface area is 77.2 Å². The highest BCUT2D eigenvalue weighted by Crippen LogP contribution is 2.08. The summed E-state index contributed by atoms with van der Waals surface area (Å²) in [5.74, 6) is -0.375.